The van der Waals surface area contributed by atoms with Crippen LogP contribution in [0.5, 0.6) is 0 Å². The van der Waals surface area contributed by atoms with Gasteiger partial charge in [-0.1, -0.05) is 25.0 Å². The number of pyridine rings is 1. The van der Waals surface area contributed by atoms with Gasteiger partial charge in [-0.05, 0) is 37.1 Å². The van der Waals surface area contributed by atoms with Gasteiger partial charge in [0.1, 0.15) is 5.69 Å². The summed E-state index contributed by atoms with van der Waals surface area (Å²) in [5.74, 6) is -0.657. The van der Waals surface area contributed by atoms with Crippen molar-refractivity contribution < 1.29 is 9.59 Å². The van der Waals surface area contributed by atoms with Gasteiger partial charge in [0.05, 0.1) is 5.69 Å². The highest BCUT2D eigenvalue weighted by Gasteiger charge is 2.17. The van der Waals surface area contributed by atoms with Crippen LogP contribution in [-0.2, 0) is 0 Å². The first-order valence-electron chi connectivity index (χ1n) is 7.73. The fourth-order valence-corrected chi connectivity index (χ4v) is 2.81. The summed E-state index contributed by atoms with van der Waals surface area (Å²) in [4.78, 5) is 27.5. The van der Waals surface area contributed by atoms with E-state index in [1.807, 2.05) is 12.1 Å². The van der Waals surface area contributed by atoms with Gasteiger partial charge in [-0.3, -0.25) is 9.59 Å². The number of nitrogens with two attached hydrogens (primary N) is 1. The molecule has 1 aromatic carbocycles. The van der Waals surface area contributed by atoms with E-state index in [0.29, 0.717) is 17.3 Å². The van der Waals surface area contributed by atoms with E-state index in [-0.39, 0.29) is 11.6 Å². The molecule has 1 radical (unpaired) electrons. The number of carbonyl (C=O) groups is 2. The van der Waals surface area contributed by atoms with Crippen LogP contribution in [0.3, 0.4) is 0 Å². The van der Waals surface area contributed by atoms with E-state index in [1.165, 1.54) is 12.8 Å². The first-order valence-corrected chi connectivity index (χ1v) is 7.73. The zero-order valence-electron chi connectivity index (χ0n) is 12.7. The van der Waals surface area contributed by atoms with Crippen LogP contribution in [0.25, 0.3) is 11.3 Å². The summed E-state index contributed by atoms with van der Waals surface area (Å²) in [6.07, 6.45) is 4.49. The Morgan fingerprint density at radius 1 is 1.13 bits per heavy atom. The molecular formula is C18H18N3O2. The van der Waals surface area contributed by atoms with Crippen LogP contribution >= 0.6 is 0 Å². The Kier molecular flexibility index (Phi) is 4.37. The smallest absolute Gasteiger partial charge is 0.267 e. The van der Waals surface area contributed by atoms with Crippen LogP contribution in [0.4, 0.5) is 0 Å². The SMILES string of the molecule is NC(=O)c1[c]ccc(-c2ccc(C(=O)NC3CCCC3)cc2)n1. The minimum Gasteiger partial charge on any atom is -0.364 e. The Labute approximate surface area is 134 Å². The molecule has 1 fully saturated rings. The van der Waals surface area contributed by atoms with Crippen molar-refractivity contribution in [1.29, 1.82) is 0 Å². The topological polar surface area (TPSA) is 85.1 Å². The number of hydrogen-bond acceptors (Lipinski definition) is 3. The molecule has 1 saturated carbocycles. The van der Waals surface area contributed by atoms with Gasteiger partial charge in [0, 0.05) is 23.2 Å². The van der Waals surface area contributed by atoms with Crippen molar-refractivity contribution in [3.63, 3.8) is 0 Å². The van der Waals surface area contributed by atoms with Gasteiger partial charge in [-0.2, -0.15) is 0 Å². The molecule has 0 spiro atoms. The number of benzene rings is 1. The summed E-state index contributed by atoms with van der Waals surface area (Å²) >= 11 is 0. The second kappa shape index (κ2) is 6.60. The Bertz CT molecular complexity index is 719. The predicted molar refractivity (Wildman–Crippen MR) is 86.7 cm³/mol. The van der Waals surface area contributed by atoms with Gasteiger partial charge in [0.15, 0.2) is 0 Å². The first-order chi connectivity index (χ1) is 11.1. The third-order valence-electron chi connectivity index (χ3n) is 4.06. The van der Waals surface area contributed by atoms with Crippen molar-refractivity contribution >= 4 is 11.8 Å². The highest BCUT2D eigenvalue weighted by molar-refractivity contribution is 5.95. The molecule has 3 rings (SSSR count). The van der Waals surface area contributed by atoms with Crippen LogP contribution in [-0.4, -0.2) is 22.8 Å². The van der Waals surface area contributed by atoms with Gasteiger partial charge in [-0.15, -0.1) is 0 Å². The van der Waals surface area contributed by atoms with Crippen LogP contribution < -0.4 is 11.1 Å². The molecule has 1 heterocycles. The van der Waals surface area contributed by atoms with E-state index in [9.17, 15) is 9.59 Å². The highest BCUT2D eigenvalue weighted by atomic mass is 16.2. The Hall–Kier alpha value is -2.69. The minimum absolute atomic E-state index is 0.0457. The van der Waals surface area contributed by atoms with Crippen molar-refractivity contribution in [3.05, 3.63) is 53.7 Å². The number of rotatable bonds is 4. The van der Waals surface area contributed by atoms with E-state index in [1.54, 1.807) is 24.3 Å². The molecule has 0 unspecified atom stereocenters. The Morgan fingerprint density at radius 3 is 2.48 bits per heavy atom. The normalized spacial score (nSPS) is 14.6. The van der Waals surface area contributed by atoms with Gasteiger partial charge < -0.3 is 11.1 Å². The third-order valence-corrected chi connectivity index (χ3v) is 4.06. The molecule has 5 heteroatoms. The summed E-state index contributed by atoms with van der Waals surface area (Å²) in [6, 6.07) is 13.5. The lowest BCUT2D eigenvalue weighted by Gasteiger charge is -2.12. The second-order valence-electron chi connectivity index (χ2n) is 5.72. The van der Waals surface area contributed by atoms with Crippen molar-refractivity contribution in [1.82, 2.24) is 10.3 Å². The predicted octanol–water partition coefficient (Wildman–Crippen LogP) is 2.32. The molecule has 0 saturated heterocycles. The van der Waals surface area contributed by atoms with Crippen LogP contribution in [0, 0.1) is 6.07 Å². The standard InChI is InChI=1S/C18H18N3O2/c19-17(22)16-7-3-6-15(21-16)12-8-10-13(11-9-12)18(23)20-14-4-1-2-5-14/h3,6,8-11,14H,1-2,4-5H2,(H2,19,22)(H,20,23). The lowest BCUT2D eigenvalue weighted by molar-refractivity contribution is 0.0936. The molecule has 117 valence electrons. The van der Waals surface area contributed by atoms with Gasteiger partial charge >= 0.3 is 0 Å². The molecule has 23 heavy (non-hydrogen) atoms. The van der Waals surface area contributed by atoms with Crippen molar-refractivity contribution in [2.45, 2.75) is 31.7 Å². The first kappa shape index (κ1) is 15.2. The van der Waals surface area contributed by atoms with Crippen molar-refractivity contribution in [3.8, 4) is 11.3 Å². The largest absolute Gasteiger partial charge is 0.364 e. The summed E-state index contributed by atoms with van der Waals surface area (Å²) in [5, 5.41) is 3.06. The maximum absolute atomic E-state index is 12.2. The molecule has 1 aliphatic rings. The van der Waals surface area contributed by atoms with Gasteiger partial charge in [-0.25, -0.2) is 4.98 Å². The molecule has 1 aliphatic carbocycles. The second-order valence-corrected chi connectivity index (χ2v) is 5.72. The van der Waals surface area contributed by atoms with Crippen LogP contribution in [0.15, 0.2) is 36.4 Å². The molecular weight excluding hydrogens is 290 g/mol. The lowest BCUT2D eigenvalue weighted by Crippen LogP contribution is -2.32. The van der Waals surface area contributed by atoms with Crippen molar-refractivity contribution in [2.24, 2.45) is 5.73 Å². The number of hydrogen-bond donors (Lipinski definition) is 2. The molecule has 3 N–H and O–H groups in total. The zero-order chi connectivity index (χ0) is 16.2. The molecule has 0 aliphatic heterocycles. The summed E-state index contributed by atoms with van der Waals surface area (Å²) in [7, 11) is 0. The van der Waals surface area contributed by atoms with E-state index in [2.05, 4.69) is 16.4 Å². The maximum Gasteiger partial charge on any atom is 0.267 e. The monoisotopic (exact) mass is 308 g/mol. The number of nitrogens with zero attached hydrogens (tertiary/aromatic N) is 1. The zero-order valence-corrected chi connectivity index (χ0v) is 12.7. The Balaban J connectivity index is 1.75. The fourth-order valence-electron chi connectivity index (χ4n) is 2.81. The molecule has 5 nitrogen and oxygen atoms in total. The van der Waals surface area contributed by atoms with Gasteiger partial charge in [0.2, 0.25) is 0 Å². The van der Waals surface area contributed by atoms with E-state index >= 15 is 0 Å². The molecule has 0 bridgehead atoms. The lowest BCUT2D eigenvalue weighted by atomic mass is 10.1. The number of aromatic nitrogens is 1. The summed E-state index contributed by atoms with van der Waals surface area (Å²) in [5.41, 5.74) is 7.39. The highest BCUT2D eigenvalue weighted by Crippen LogP contribution is 2.20. The summed E-state index contributed by atoms with van der Waals surface area (Å²) in [6.45, 7) is 0. The van der Waals surface area contributed by atoms with E-state index in [0.717, 1.165) is 18.4 Å². The maximum atomic E-state index is 12.2. The number of amides is 2. The average molecular weight is 308 g/mol. The van der Waals surface area contributed by atoms with E-state index in [4.69, 9.17) is 5.73 Å². The molecule has 1 aromatic heterocycles. The molecule has 2 amide bonds. The van der Waals surface area contributed by atoms with Crippen LogP contribution in [0.1, 0.15) is 46.5 Å². The Morgan fingerprint density at radius 2 is 1.83 bits per heavy atom. The van der Waals surface area contributed by atoms with Gasteiger partial charge in [0.25, 0.3) is 11.8 Å². The molecule has 2 aromatic rings. The summed E-state index contributed by atoms with van der Waals surface area (Å²) < 4.78 is 0. The van der Waals surface area contributed by atoms with Crippen molar-refractivity contribution in [2.75, 3.05) is 0 Å². The quantitative estimate of drug-likeness (QED) is 0.909. The third kappa shape index (κ3) is 3.56. The molecule has 0 atom stereocenters. The minimum atomic E-state index is -0.612. The number of primary amides is 1. The average Bonchev–Trinajstić information content (AvgIpc) is 3.08. The fraction of sp³-hybridized carbons (Fsp3) is 0.278. The number of nitrogens with one attached hydrogen (secondary N) is 1. The van der Waals surface area contributed by atoms with E-state index < -0.39 is 5.91 Å². The van der Waals surface area contributed by atoms with Crippen LogP contribution in [0.2, 0.25) is 0 Å². The number of carbonyl (C=O) groups excluding carboxylic acids is 2.